The molecule has 0 unspecified atom stereocenters. The van der Waals surface area contributed by atoms with Gasteiger partial charge >= 0.3 is 0 Å². The van der Waals surface area contributed by atoms with Gasteiger partial charge in [0.1, 0.15) is 11.3 Å². The van der Waals surface area contributed by atoms with Crippen LogP contribution < -0.4 is 0 Å². The molecule has 3 rings (SSSR count). The number of hydrogen-bond donors (Lipinski definition) is 1. The van der Waals surface area contributed by atoms with Crippen LogP contribution in [-0.4, -0.2) is 15.0 Å². The number of aromatic amines is 1. The second kappa shape index (κ2) is 3.83. The first-order valence-electron chi connectivity index (χ1n) is 5.10. The van der Waals surface area contributed by atoms with Gasteiger partial charge in [-0.1, -0.05) is 6.07 Å². The third-order valence-electron chi connectivity index (χ3n) is 2.56. The lowest BCUT2D eigenvalue weighted by atomic mass is 10.2. The molecule has 1 N–H and O–H groups in total. The number of nitrogens with zero attached hydrogens (tertiary/aromatic N) is 2. The van der Waals surface area contributed by atoms with Crippen molar-refractivity contribution < 1.29 is 13.2 Å². The molecule has 0 saturated carbocycles. The van der Waals surface area contributed by atoms with Crippen molar-refractivity contribution in [2.24, 2.45) is 0 Å². The van der Waals surface area contributed by atoms with Crippen molar-refractivity contribution in [1.29, 1.82) is 0 Å². The van der Waals surface area contributed by atoms with E-state index in [2.05, 4.69) is 15.0 Å². The molecular weight excluding hydrogens is 243 g/mol. The minimum Gasteiger partial charge on any atom is -0.337 e. The predicted octanol–water partition coefficient (Wildman–Crippen LogP) is 3.04. The molecule has 3 nitrogen and oxygen atoms in total. The SMILES string of the molecule is Fc1cccc(-c2nc3c(F)cncc3[nH]2)c1F. The number of pyridine rings is 1. The van der Waals surface area contributed by atoms with E-state index in [0.717, 1.165) is 12.3 Å². The number of H-pyrrole nitrogens is 1. The number of imidazole rings is 1. The smallest absolute Gasteiger partial charge is 0.169 e. The maximum Gasteiger partial charge on any atom is 0.169 e. The van der Waals surface area contributed by atoms with Crippen LogP contribution in [0.2, 0.25) is 0 Å². The lowest BCUT2D eigenvalue weighted by Crippen LogP contribution is -1.90. The van der Waals surface area contributed by atoms with Crippen molar-refractivity contribution in [2.45, 2.75) is 0 Å². The molecule has 18 heavy (non-hydrogen) atoms. The molecule has 0 amide bonds. The van der Waals surface area contributed by atoms with E-state index in [0.29, 0.717) is 5.52 Å². The maximum atomic E-state index is 13.6. The largest absolute Gasteiger partial charge is 0.337 e. The fourth-order valence-corrected chi connectivity index (χ4v) is 1.71. The third kappa shape index (κ3) is 1.54. The molecule has 2 heterocycles. The Morgan fingerprint density at radius 2 is 1.83 bits per heavy atom. The molecule has 0 aliphatic rings. The average molecular weight is 249 g/mol. The maximum absolute atomic E-state index is 13.6. The first-order chi connectivity index (χ1) is 8.66. The van der Waals surface area contributed by atoms with E-state index in [-0.39, 0.29) is 16.9 Å². The number of rotatable bonds is 1. The Hall–Kier alpha value is -2.37. The van der Waals surface area contributed by atoms with Crippen molar-refractivity contribution in [1.82, 2.24) is 15.0 Å². The summed E-state index contributed by atoms with van der Waals surface area (Å²) < 4.78 is 40.1. The summed E-state index contributed by atoms with van der Waals surface area (Å²) in [7, 11) is 0. The molecule has 6 heteroatoms. The molecule has 0 atom stereocenters. The van der Waals surface area contributed by atoms with Gasteiger partial charge in [0.15, 0.2) is 17.5 Å². The van der Waals surface area contributed by atoms with Crippen LogP contribution in [0, 0.1) is 17.5 Å². The summed E-state index contributed by atoms with van der Waals surface area (Å²) in [4.78, 5) is 10.3. The Kier molecular flexibility index (Phi) is 2.29. The first-order valence-corrected chi connectivity index (χ1v) is 5.10. The van der Waals surface area contributed by atoms with Crippen molar-refractivity contribution in [3.8, 4) is 11.4 Å². The van der Waals surface area contributed by atoms with Crippen LogP contribution in [0.25, 0.3) is 22.4 Å². The van der Waals surface area contributed by atoms with Gasteiger partial charge in [0, 0.05) is 0 Å². The van der Waals surface area contributed by atoms with Crippen LogP contribution in [0.5, 0.6) is 0 Å². The van der Waals surface area contributed by atoms with E-state index in [1.807, 2.05) is 0 Å². The highest BCUT2D eigenvalue weighted by Crippen LogP contribution is 2.24. The first kappa shape index (κ1) is 10.8. The minimum atomic E-state index is -1.02. The number of hydrogen-bond acceptors (Lipinski definition) is 2. The van der Waals surface area contributed by atoms with E-state index in [1.54, 1.807) is 0 Å². The second-order valence-electron chi connectivity index (χ2n) is 3.70. The highest BCUT2D eigenvalue weighted by atomic mass is 19.2. The Bertz CT molecular complexity index is 737. The third-order valence-corrected chi connectivity index (χ3v) is 2.56. The van der Waals surface area contributed by atoms with Crippen molar-refractivity contribution in [3.05, 3.63) is 48.0 Å². The van der Waals surface area contributed by atoms with Gasteiger partial charge in [0.05, 0.1) is 23.5 Å². The van der Waals surface area contributed by atoms with Crippen molar-refractivity contribution in [3.63, 3.8) is 0 Å². The Labute approximate surface area is 99.3 Å². The summed E-state index contributed by atoms with van der Waals surface area (Å²) in [5.74, 6) is -2.56. The zero-order valence-corrected chi connectivity index (χ0v) is 8.92. The molecule has 0 aliphatic carbocycles. The second-order valence-corrected chi connectivity index (χ2v) is 3.70. The van der Waals surface area contributed by atoms with Gasteiger partial charge < -0.3 is 4.98 Å². The van der Waals surface area contributed by atoms with Gasteiger partial charge in [-0.3, -0.25) is 4.98 Å². The van der Waals surface area contributed by atoms with E-state index in [9.17, 15) is 13.2 Å². The number of fused-ring (bicyclic) bond motifs is 1. The fourth-order valence-electron chi connectivity index (χ4n) is 1.71. The summed E-state index contributed by atoms with van der Waals surface area (Å²) >= 11 is 0. The van der Waals surface area contributed by atoms with Crippen molar-refractivity contribution in [2.75, 3.05) is 0 Å². The van der Waals surface area contributed by atoms with Crippen LogP contribution in [0.15, 0.2) is 30.6 Å². The predicted molar refractivity (Wildman–Crippen MR) is 59.2 cm³/mol. The zero-order chi connectivity index (χ0) is 12.7. The standard InChI is InChI=1S/C12H6F3N3/c13-7-3-1-2-6(10(7)15)12-17-9-5-16-4-8(14)11(9)18-12/h1-5H,(H,17,18). The number of halogens is 3. The van der Waals surface area contributed by atoms with E-state index < -0.39 is 17.5 Å². The number of aromatic nitrogens is 3. The molecule has 1 aromatic carbocycles. The minimum absolute atomic E-state index is 0.0451. The van der Waals surface area contributed by atoms with Gasteiger partial charge in [0.25, 0.3) is 0 Å². The van der Waals surface area contributed by atoms with Crippen LogP contribution in [0.4, 0.5) is 13.2 Å². The molecule has 0 aliphatic heterocycles. The van der Waals surface area contributed by atoms with Gasteiger partial charge in [0.2, 0.25) is 0 Å². The summed E-state index contributed by atoms with van der Waals surface area (Å²) in [6, 6.07) is 3.72. The molecular formula is C12H6F3N3. The van der Waals surface area contributed by atoms with Crippen LogP contribution in [0.1, 0.15) is 0 Å². The van der Waals surface area contributed by atoms with Gasteiger partial charge in [-0.15, -0.1) is 0 Å². The van der Waals surface area contributed by atoms with Gasteiger partial charge in [-0.2, -0.15) is 0 Å². The van der Waals surface area contributed by atoms with Crippen LogP contribution in [-0.2, 0) is 0 Å². The van der Waals surface area contributed by atoms with E-state index in [1.165, 1.54) is 18.3 Å². The van der Waals surface area contributed by atoms with E-state index >= 15 is 0 Å². The number of nitrogens with one attached hydrogen (secondary N) is 1. The zero-order valence-electron chi connectivity index (χ0n) is 8.92. The van der Waals surface area contributed by atoms with E-state index in [4.69, 9.17) is 0 Å². The topological polar surface area (TPSA) is 41.6 Å². The molecule has 0 bridgehead atoms. The molecule has 0 fully saturated rings. The van der Waals surface area contributed by atoms with Crippen molar-refractivity contribution >= 4 is 11.0 Å². The normalized spacial score (nSPS) is 11.1. The monoisotopic (exact) mass is 249 g/mol. The summed E-state index contributed by atoms with van der Waals surface area (Å²) in [6.45, 7) is 0. The quantitative estimate of drug-likeness (QED) is 0.720. The molecule has 3 aromatic rings. The Morgan fingerprint density at radius 3 is 2.61 bits per heavy atom. The average Bonchev–Trinajstić information content (AvgIpc) is 2.78. The van der Waals surface area contributed by atoms with Crippen LogP contribution >= 0.6 is 0 Å². The Balaban J connectivity index is 2.26. The van der Waals surface area contributed by atoms with Gasteiger partial charge in [-0.25, -0.2) is 18.2 Å². The van der Waals surface area contributed by atoms with Crippen LogP contribution in [0.3, 0.4) is 0 Å². The lowest BCUT2D eigenvalue weighted by Gasteiger charge is -1.99. The molecule has 0 spiro atoms. The lowest BCUT2D eigenvalue weighted by molar-refractivity contribution is 0.510. The van der Waals surface area contributed by atoms with Gasteiger partial charge in [-0.05, 0) is 12.1 Å². The fraction of sp³-hybridized carbons (Fsp3) is 0. The molecule has 2 aromatic heterocycles. The summed E-state index contributed by atoms with van der Waals surface area (Å²) in [6.07, 6.45) is 2.38. The summed E-state index contributed by atoms with van der Waals surface area (Å²) in [5.41, 5.74) is 0.322. The highest BCUT2D eigenvalue weighted by Gasteiger charge is 2.14. The summed E-state index contributed by atoms with van der Waals surface area (Å²) in [5, 5.41) is 0. The highest BCUT2D eigenvalue weighted by molar-refractivity contribution is 5.78. The molecule has 90 valence electrons. The molecule has 0 radical (unpaired) electrons. The number of benzene rings is 1. The Morgan fingerprint density at radius 1 is 1.00 bits per heavy atom. The molecule has 0 saturated heterocycles.